The lowest BCUT2D eigenvalue weighted by Crippen LogP contribution is -2.37. The molecule has 1 aromatic carbocycles. The van der Waals surface area contributed by atoms with E-state index in [1.54, 1.807) is 0 Å². The van der Waals surface area contributed by atoms with Crippen LogP contribution in [0.2, 0.25) is 0 Å². The van der Waals surface area contributed by atoms with Crippen LogP contribution in [0.15, 0.2) is 18.2 Å². The summed E-state index contributed by atoms with van der Waals surface area (Å²) in [5.74, 6) is -0.757. The van der Waals surface area contributed by atoms with Gasteiger partial charge in [-0.25, -0.2) is 0 Å². The Balaban J connectivity index is 1.95. The second kappa shape index (κ2) is 7.45. The topological polar surface area (TPSA) is 52.6 Å². The Bertz CT molecular complexity index is 549. The number of likely N-dealkylation sites (N-methyl/N-ethyl adjacent to an activating group) is 1. The Morgan fingerprint density at radius 2 is 2.09 bits per heavy atom. The number of benzene rings is 1. The molecule has 23 heavy (non-hydrogen) atoms. The zero-order valence-electron chi connectivity index (χ0n) is 14.9. The fourth-order valence-electron chi connectivity index (χ4n) is 2.99. The third-order valence-electron chi connectivity index (χ3n) is 4.51. The van der Waals surface area contributed by atoms with Crippen molar-refractivity contribution in [2.75, 3.05) is 13.6 Å². The van der Waals surface area contributed by atoms with Crippen LogP contribution in [0.25, 0.3) is 0 Å². The van der Waals surface area contributed by atoms with Gasteiger partial charge in [0.25, 0.3) is 0 Å². The smallest absolute Gasteiger partial charge is 0.320 e. The molecule has 0 saturated heterocycles. The molecule has 2 rings (SSSR count). The lowest BCUT2D eigenvalue weighted by atomic mass is 9.88. The number of rotatable bonds is 6. The molecule has 2 N–H and O–H groups in total. The normalized spacial score (nSPS) is 16.9. The lowest BCUT2D eigenvalue weighted by Gasteiger charge is -2.26. The van der Waals surface area contributed by atoms with E-state index in [2.05, 4.69) is 56.2 Å². The number of fused-ring (bicyclic) bond motifs is 1. The molecule has 0 spiro atoms. The van der Waals surface area contributed by atoms with Gasteiger partial charge in [0.1, 0.15) is 6.04 Å². The summed E-state index contributed by atoms with van der Waals surface area (Å²) in [5.41, 5.74) is 4.13. The van der Waals surface area contributed by atoms with Crippen LogP contribution in [0.5, 0.6) is 0 Å². The molecule has 1 atom stereocenters. The molecule has 0 amide bonds. The molecule has 1 aromatic rings. The van der Waals surface area contributed by atoms with Crippen LogP contribution >= 0.6 is 0 Å². The van der Waals surface area contributed by atoms with Crippen LogP contribution in [0.3, 0.4) is 0 Å². The first-order chi connectivity index (χ1) is 10.7. The largest absolute Gasteiger partial charge is 0.480 e. The number of aliphatic carboxylic acids is 1. The first kappa shape index (κ1) is 18.0. The third kappa shape index (κ3) is 5.63. The monoisotopic (exact) mass is 318 g/mol. The van der Waals surface area contributed by atoms with Gasteiger partial charge in [-0.05, 0) is 48.4 Å². The maximum atomic E-state index is 11.4. The van der Waals surface area contributed by atoms with Gasteiger partial charge >= 0.3 is 5.97 Å². The van der Waals surface area contributed by atoms with E-state index in [0.29, 0.717) is 13.0 Å². The fraction of sp³-hybridized carbons (Fsp3) is 0.632. The molecule has 0 radical (unpaired) electrons. The van der Waals surface area contributed by atoms with Crippen molar-refractivity contribution >= 4 is 5.97 Å². The summed E-state index contributed by atoms with van der Waals surface area (Å²) in [6.45, 7) is 9.13. The Hall–Kier alpha value is -1.39. The molecular formula is C19H30N2O2. The van der Waals surface area contributed by atoms with Gasteiger partial charge in [-0.1, -0.05) is 39.0 Å². The molecule has 1 heterocycles. The minimum Gasteiger partial charge on any atom is -0.480 e. The molecule has 1 aliphatic rings. The number of carbonyl (C=O) groups is 1. The van der Waals surface area contributed by atoms with Gasteiger partial charge in [0.15, 0.2) is 0 Å². The van der Waals surface area contributed by atoms with Crippen LogP contribution in [0.4, 0.5) is 0 Å². The quantitative estimate of drug-likeness (QED) is 0.846. The van der Waals surface area contributed by atoms with E-state index >= 15 is 0 Å². The Morgan fingerprint density at radius 1 is 1.35 bits per heavy atom. The lowest BCUT2D eigenvalue weighted by molar-refractivity contribution is -0.139. The summed E-state index contributed by atoms with van der Waals surface area (Å²) >= 11 is 0. The highest BCUT2D eigenvalue weighted by Crippen LogP contribution is 2.22. The first-order valence-electron chi connectivity index (χ1n) is 8.50. The van der Waals surface area contributed by atoms with Gasteiger partial charge < -0.3 is 15.3 Å². The van der Waals surface area contributed by atoms with Crippen molar-refractivity contribution in [1.29, 1.82) is 0 Å². The minimum atomic E-state index is -0.757. The SMILES string of the molecule is CN1CCc2ccc(CN[C@@H](CCC(C)(C)C)C(=O)O)cc2C1. The first-order valence-corrected chi connectivity index (χ1v) is 8.50. The van der Waals surface area contributed by atoms with Gasteiger partial charge in [-0.3, -0.25) is 4.79 Å². The second-order valence-electron chi connectivity index (χ2n) is 7.96. The van der Waals surface area contributed by atoms with Crippen molar-refractivity contribution < 1.29 is 9.90 Å². The Labute approximate surface area is 139 Å². The van der Waals surface area contributed by atoms with Crippen molar-refractivity contribution in [3.8, 4) is 0 Å². The molecule has 0 aliphatic carbocycles. The minimum absolute atomic E-state index is 0.159. The summed E-state index contributed by atoms with van der Waals surface area (Å²) < 4.78 is 0. The third-order valence-corrected chi connectivity index (χ3v) is 4.51. The molecule has 1 aliphatic heterocycles. The van der Waals surface area contributed by atoms with E-state index in [-0.39, 0.29) is 5.41 Å². The number of carboxylic acid groups (broad SMARTS) is 1. The summed E-state index contributed by atoms with van der Waals surface area (Å²) in [6.07, 6.45) is 2.65. The molecule has 0 unspecified atom stereocenters. The van der Waals surface area contributed by atoms with E-state index in [9.17, 15) is 9.90 Å². The van der Waals surface area contributed by atoms with E-state index < -0.39 is 12.0 Å². The zero-order valence-corrected chi connectivity index (χ0v) is 14.9. The van der Waals surface area contributed by atoms with Crippen LogP contribution in [-0.4, -0.2) is 35.6 Å². The highest BCUT2D eigenvalue weighted by Gasteiger charge is 2.21. The van der Waals surface area contributed by atoms with E-state index in [0.717, 1.165) is 25.9 Å². The Kier molecular flexibility index (Phi) is 5.82. The fourth-order valence-corrected chi connectivity index (χ4v) is 2.99. The molecule has 4 heteroatoms. The van der Waals surface area contributed by atoms with Crippen molar-refractivity contribution in [3.05, 3.63) is 34.9 Å². The molecule has 4 nitrogen and oxygen atoms in total. The highest BCUT2D eigenvalue weighted by atomic mass is 16.4. The highest BCUT2D eigenvalue weighted by molar-refractivity contribution is 5.73. The van der Waals surface area contributed by atoms with Gasteiger partial charge in [0, 0.05) is 19.6 Å². The van der Waals surface area contributed by atoms with E-state index in [4.69, 9.17) is 0 Å². The maximum absolute atomic E-state index is 11.4. The predicted octanol–water partition coefficient (Wildman–Crippen LogP) is 3.04. The number of hydrogen-bond acceptors (Lipinski definition) is 3. The van der Waals surface area contributed by atoms with Crippen molar-refractivity contribution in [3.63, 3.8) is 0 Å². The average Bonchev–Trinajstić information content (AvgIpc) is 2.45. The summed E-state index contributed by atoms with van der Waals surface area (Å²) in [5, 5.41) is 12.6. The summed E-state index contributed by atoms with van der Waals surface area (Å²) in [6, 6.07) is 6.07. The van der Waals surface area contributed by atoms with Crippen LogP contribution < -0.4 is 5.32 Å². The van der Waals surface area contributed by atoms with Crippen molar-refractivity contribution in [2.45, 2.75) is 59.2 Å². The number of nitrogens with one attached hydrogen (secondary N) is 1. The van der Waals surface area contributed by atoms with Crippen LogP contribution in [0.1, 0.15) is 50.3 Å². The van der Waals surface area contributed by atoms with Crippen molar-refractivity contribution in [2.24, 2.45) is 5.41 Å². The molecule has 0 fully saturated rings. The molecule has 0 bridgehead atoms. The molecule has 0 aromatic heterocycles. The Morgan fingerprint density at radius 3 is 2.74 bits per heavy atom. The standard InChI is InChI=1S/C19H30N2O2/c1-19(2,3)9-7-17(18(22)23)20-12-14-5-6-15-8-10-21(4)13-16(15)11-14/h5-6,11,17,20H,7-10,12-13H2,1-4H3,(H,22,23)/t17-/m0/s1. The van der Waals surface area contributed by atoms with Gasteiger partial charge in [0.2, 0.25) is 0 Å². The maximum Gasteiger partial charge on any atom is 0.320 e. The summed E-state index contributed by atoms with van der Waals surface area (Å²) in [4.78, 5) is 13.8. The number of hydrogen-bond donors (Lipinski definition) is 2. The van der Waals surface area contributed by atoms with E-state index in [1.807, 2.05) is 0 Å². The van der Waals surface area contributed by atoms with Crippen molar-refractivity contribution in [1.82, 2.24) is 10.2 Å². The van der Waals surface area contributed by atoms with Crippen LogP contribution in [0, 0.1) is 5.41 Å². The number of carboxylic acids is 1. The zero-order chi connectivity index (χ0) is 17.0. The van der Waals surface area contributed by atoms with Gasteiger partial charge in [-0.15, -0.1) is 0 Å². The number of nitrogens with zero attached hydrogens (tertiary/aromatic N) is 1. The van der Waals surface area contributed by atoms with Gasteiger partial charge in [0.05, 0.1) is 0 Å². The van der Waals surface area contributed by atoms with Crippen LogP contribution in [-0.2, 0) is 24.3 Å². The average molecular weight is 318 g/mol. The predicted molar refractivity (Wildman–Crippen MR) is 93.4 cm³/mol. The molecule has 128 valence electrons. The summed E-state index contributed by atoms with van der Waals surface area (Å²) in [7, 11) is 2.14. The molecule has 0 saturated carbocycles. The second-order valence-corrected chi connectivity index (χ2v) is 7.96. The van der Waals surface area contributed by atoms with E-state index in [1.165, 1.54) is 16.7 Å². The molecular weight excluding hydrogens is 288 g/mol. The van der Waals surface area contributed by atoms with Gasteiger partial charge in [-0.2, -0.15) is 0 Å².